The maximum Gasteiger partial charge on any atom is 0.0720 e. The van der Waals surface area contributed by atoms with Crippen LogP contribution < -0.4 is 5.32 Å². The molecule has 3 heteroatoms. The number of nitrogens with one attached hydrogen (secondary N) is 1. The first kappa shape index (κ1) is 16.2. The standard InChI is InChI=1S/C16H27NO2/c1-4-18-11-12-19-13-16-8-6-5-7-15(16)9-10-17-14(2)3/h5-8,14,17H,4,9-13H2,1-3H3. The summed E-state index contributed by atoms with van der Waals surface area (Å²) in [5.41, 5.74) is 2.65. The lowest BCUT2D eigenvalue weighted by Gasteiger charge is -2.12. The summed E-state index contributed by atoms with van der Waals surface area (Å²) in [7, 11) is 0. The summed E-state index contributed by atoms with van der Waals surface area (Å²) in [5, 5.41) is 3.44. The topological polar surface area (TPSA) is 30.5 Å². The van der Waals surface area contributed by atoms with E-state index in [1.54, 1.807) is 0 Å². The number of hydrogen-bond acceptors (Lipinski definition) is 3. The average molecular weight is 265 g/mol. The van der Waals surface area contributed by atoms with Gasteiger partial charge in [-0.05, 0) is 31.0 Å². The zero-order valence-electron chi connectivity index (χ0n) is 12.4. The fourth-order valence-electron chi connectivity index (χ4n) is 1.88. The highest BCUT2D eigenvalue weighted by atomic mass is 16.5. The molecule has 1 N–H and O–H groups in total. The first-order valence-corrected chi connectivity index (χ1v) is 7.19. The van der Waals surface area contributed by atoms with Gasteiger partial charge in [-0.1, -0.05) is 38.1 Å². The molecule has 0 radical (unpaired) electrons. The largest absolute Gasteiger partial charge is 0.379 e. The minimum absolute atomic E-state index is 0.537. The van der Waals surface area contributed by atoms with Crippen molar-refractivity contribution in [2.24, 2.45) is 0 Å². The van der Waals surface area contributed by atoms with Crippen molar-refractivity contribution in [1.82, 2.24) is 5.32 Å². The molecule has 0 amide bonds. The fourth-order valence-corrected chi connectivity index (χ4v) is 1.88. The van der Waals surface area contributed by atoms with Gasteiger partial charge in [0.2, 0.25) is 0 Å². The Morgan fingerprint density at radius 2 is 1.74 bits per heavy atom. The molecule has 108 valence electrons. The van der Waals surface area contributed by atoms with Gasteiger partial charge < -0.3 is 14.8 Å². The third-order valence-corrected chi connectivity index (χ3v) is 2.90. The lowest BCUT2D eigenvalue weighted by molar-refractivity contribution is 0.0450. The van der Waals surface area contributed by atoms with Gasteiger partial charge in [0, 0.05) is 12.6 Å². The van der Waals surface area contributed by atoms with Crippen LogP contribution in [0.2, 0.25) is 0 Å². The van der Waals surface area contributed by atoms with Crippen LogP contribution in [0.25, 0.3) is 0 Å². The van der Waals surface area contributed by atoms with Crippen molar-refractivity contribution in [3.05, 3.63) is 35.4 Å². The highest BCUT2D eigenvalue weighted by Crippen LogP contribution is 2.10. The zero-order valence-corrected chi connectivity index (χ0v) is 12.4. The maximum absolute atomic E-state index is 5.64. The third-order valence-electron chi connectivity index (χ3n) is 2.90. The van der Waals surface area contributed by atoms with Crippen LogP contribution in [-0.2, 0) is 22.5 Å². The Balaban J connectivity index is 2.35. The van der Waals surface area contributed by atoms with E-state index in [-0.39, 0.29) is 0 Å². The molecule has 0 fully saturated rings. The van der Waals surface area contributed by atoms with E-state index in [1.807, 2.05) is 6.92 Å². The highest BCUT2D eigenvalue weighted by molar-refractivity contribution is 5.26. The van der Waals surface area contributed by atoms with Gasteiger partial charge in [0.15, 0.2) is 0 Å². The number of benzene rings is 1. The van der Waals surface area contributed by atoms with Gasteiger partial charge in [0.05, 0.1) is 19.8 Å². The summed E-state index contributed by atoms with van der Waals surface area (Å²) in [6, 6.07) is 9.03. The van der Waals surface area contributed by atoms with Crippen molar-refractivity contribution in [2.75, 3.05) is 26.4 Å². The molecule has 0 unspecified atom stereocenters. The maximum atomic E-state index is 5.64. The van der Waals surface area contributed by atoms with Crippen LogP contribution in [0.3, 0.4) is 0 Å². The molecular weight excluding hydrogens is 238 g/mol. The molecule has 0 aliphatic heterocycles. The first-order valence-electron chi connectivity index (χ1n) is 7.19. The van der Waals surface area contributed by atoms with Crippen LogP contribution in [0.5, 0.6) is 0 Å². The quantitative estimate of drug-likeness (QED) is 0.660. The van der Waals surface area contributed by atoms with Crippen LogP contribution in [0.15, 0.2) is 24.3 Å². The SMILES string of the molecule is CCOCCOCc1ccccc1CCNC(C)C. The fraction of sp³-hybridized carbons (Fsp3) is 0.625. The minimum Gasteiger partial charge on any atom is -0.379 e. The van der Waals surface area contributed by atoms with Crippen LogP contribution in [0.1, 0.15) is 31.9 Å². The highest BCUT2D eigenvalue weighted by Gasteiger charge is 2.02. The normalized spacial score (nSPS) is 11.2. The molecule has 0 atom stereocenters. The Bertz CT molecular complexity index is 339. The Kier molecular flexibility index (Phi) is 8.47. The lowest BCUT2D eigenvalue weighted by atomic mass is 10.1. The van der Waals surface area contributed by atoms with Crippen molar-refractivity contribution in [1.29, 1.82) is 0 Å². The Morgan fingerprint density at radius 1 is 1.05 bits per heavy atom. The number of ether oxygens (including phenoxy) is 2. The van der Waals surface area contributed by atoms with Gasteiger partial charge in [-0.25, -0.2) is 0 Å². The van der Waals surface area contributed by atoms with Crippen molar-refractivity contribution in [3.63, 3.8) is 0 Å². The molecular formula is C16H27NO2. The van der Waals surface area contributed by atoms with E-state index in [9.17, 15) is 0 Å². The zero-order chi connectivity index (χ0) is 13.9. The van der Waals surface area contributed by atoms with Crippen molar-refractivity contribution >= 4 is 0 Å². The van der Waals surface area contributed by atoms with Crippen molar-refractivity contribution in [3.8, 4) is 0 Å². The molecule has 1 rings (SSSR count). The summed E-state index contributed by atoms with van der Waals surface area (Å²) in [6.45, 7) is 10.1. The van der Waals surface area contributed by atoms with Crippen LogP contribution in [0, 0.1) is 0 Å². The molecule has 0 bridgehead atoms. The number of rotatable bonds is 10. The summed E-state index contributed by atoms with van der Waals surface area (Å²) in [6.07, 6.45) is 1.04. The second-order valence-electron chi connectivity index (χ2n) is 4.88. The summed E-state index contributed by atoms with van der Waals surface area (Å²) in [4.78, 5) is 0. The van der Waals surface area contributed by atoms with E-state index in [0.29, 0.717) is 25.9 Å². The Labute approximate surface area is 117 Å². The molecule has 1 aromatic rings. The summed E-state index contributed by atoms with van der Waals surface area (Å²) < 4.78 is 10.9. The first-order chi connectivity index (χ1) is 9.24. The van der Waals surface area contributed by atoms with Gasteiger partial charge >= 0.3 is 0 Å². The van der Waals surface area contributed by atoms with Gasteiger partial charge in [0.25, 0.3) is 0 Å². The van der Waals surface area contributed by atoms with E-state index in [0.717, 1.165) is 19.6 Å². The van der Waals surface area contributed by atoms with Crippen LogP contribution in [0.4, 0.5) is 0 Å². The Hall–Kier alpha value is -0.900. The van der Waals surface area contributed by atoms with Gasteiger partial charge in [-0.2, -0.15) is 0 Å². The predicted molar refractivity (Wildman–Crippen MR) is 79.4 cm³/mol. The molecule has 3 nitrogen and oxygen atoms in total. The molecule has 0 saturated heterocycles. The van der Waals surface area contributed by atoms with Gasteiger partial charge in [-0.15, -0.1) is 0 Å². The average Bonchev–Trinajstić information content (AvgIpc) is 2.40. The predicted octanol–water partition coefficient (Wildman–Crippen LogP) is 2.78. The smallest absolute Gasteiger partial charge is 0.0720 e. The lowest BCUT2D eigenvalue weighted by Crippen LogP contribution is -2.25. The Morgan fingerprint density at radius 3 is 2.42 bits per heavy atom. The van der Waals surface area contributed by atoms with E-state index >= 15 is 0 Å². The van der Waals surface area contributed by atoms with E-state index in [4.69, 9.17) is 9.47 Å². The van der Waals surface area contributed by atoms with Gasteiger partial charge in [-0.3, -0.25) is 0 Å². The minimum atomic E-state index is 0.537. The molecule has 0 saturated carbocycles. The van der Waals surface area contributed by atoms with Gasteiger partial charge in [0.1, 0.15) is 0 Å². The summed E-state index contributed by atoms with van der Waals surface area (Å²) in [5.74, 6) is 0. The second kappa shape index (κ2) is 9.96. The molecule has 1 aromatic carbocycles. The molecule has 0 aliphatic carbocycles. The van der Waals surface area contributed by atoms with Crippen LogP contribution >= 0.6 is 0 Å². The summed E-state index contributed by atoms with van der Waals surface area (Å²) >= 11 is 0. The molecule has 0 spiro atoms. The molecule has 0 heterocycles. The monoisotopic (exact) mass is 265 g/mol. The molecule has 0 aliphatic rings. The van der Waals surface area contributed by atoms with E-state index < -0.39 is 0 Å². The van der Waals surface area contributed by atoms with Crippen molar-refractivity contribution < 1.29 is 9.47 Å². The molecule has 0 aromatic heterocycles. The van der Waals surface area contributed by atoms with E-state index in [2.05, 4.69) is 43.4 Å². The van der Waals surface area contributed by atoms with E-state index in [1.165, 1.54) is 11.1 Å². The second-order valence-corrected chi connectivity index (χ2v) is 4.88. The van der Waals surface area contributed by atoms with Crippen molar-refractivity contribution in [2.45, 2.75) is 39.8 Å². The number of hydrogen-bond donors (Lipinski definition) is 1. The third kappa shape index (κ3) is 7.31. The van der Waals surface area contributed by atoms with Crippen LogP contribution in [-0.4, -0.2) is 32.4 Å². The molecule has 19 heavy (non-hydrogen) atoms.